The van der Waals surface area contributed by atoms with Gasteiger partial charge in [-0.1, -0.05) is 12.5 Å². The van der Waals surface area contributed by atoms with E-state index in [0.29, 0.717) is 36.0 Å². The summed E-state index contributed by atoms with van der Waals surface area (Å²) < 4.78 is 66.1. The number of fused-ring (bicyclic) bond motifs is 6. The Morgan fingerprint density at radius 2 is 1.54 bits per heavy atom. The van der Waals surface area contributed by atoms with Gasteiger partial charge in [-0.3, -0.25) is 18.7 Å². The molecule has 2 amide bonds. The second-order valence-electron chi connectivity index (χ2n) is 14.3. The van der Waals surface area contributed by atoms with Gasteiger partial charge in [-0.2, -0.15) is 13.6 Å². The number of nitrogens with zero attached hydrogens (tertiary/aromatic N) is 2. The van der Waals surface area contributed by atoms with E-state index in [1.807, 2.05) is 0 Å². The van der Waals surface area contributed by atoms with Crippen molar-refractivity contribution in [3.05, 3.63) is 105 Å². The van der Waals surface area contributed by atoms with Gasteiger partial charge in [-0.05, 0) is 55.3 Å². The summed E-state index contributed by atoms with van der Waals surface area (Å²) in [5.41, 5.74) is 4.81. The summed E-state index contributed by atoms with van der Waals surface area (Å²) in [6.45, 7) is -0.704. The number of hydrogen-bond acceptors (Lipinski definition) is 17. The minimum absolute atomic E-state index is 0.0354. The fraction of sp³-hybridized carbons (Fsp3) is 0.306. The monoisotopic (exact) mass is 937 g/mol. The Balaban J connectivity index is 0.930. The molecule has 5 atom stereocenters. The largest absolute Gasteiger partial charge is 0.508 e. The third-order valence-corrected chi connectivity index (χ3v) is 13.8. The standard InChI is InChI=1S/C36H38N5O19P3/c37-30-11-13-41(35(47)40-30)32-17-26(29(57-32)18-55-62(51,52)60-63(53,54)59-61(48,49)50)39-31(44)4-2-1-3-12-38-33(45)19-5-8-23-22(14-19)34(46)58-36(23)24-9-6-20(42)15-27(24)56-28-16-21(43)7-10-25(28)36/h5-11,13-16,26,29,32,42-43H,1-4,12,17-18H2,(H,38,45)(H,39,44)(H,51,52)(H,53,54)(H2,37,40,47)(H2,48,49,50)/t26-,29+,32+/m0/s1. The molecule has 4 heterocycles. The van der Waals surface area contributed by atoms with Crippen LogP contribution in [0.2, 0.25) is 0 Å². The second-order valence-corrected chi connectivity index (χ2v) is 18.7. The van der Waals surface area contributed by atoms with E-state index < -0.39 is 77.5 Å². The number of carbonyl (C=O) groups is 3. The quantitative estimate of drug-likeness (QED) is 0.0443. The van der Waals surface area contributed by atoms with E-state index in [0.717, 1.165) is 4.57 Å². The number of rotatable bonds is 16. The average Bonchev–Trinajstić information content (AvgIpc) is 3.70. The van der Waals surface area contributed by atoms with Gasteiger partial charge in [0.1, 0.15) is 41.1 Å². The number of nitrogens with one attached hydrogen (secondary N) is 2. The summed E-state index contributed by atoms with van der Waals surface area (Å²) >= 11 is 0. The highest BCUT2D eigenvalue weighted by Gasteiger charge is 2.54. The van der Waals surface area contributed by atoms with Gasteiger partial charge in [0.25, 0.3) is 5.91 Å². The number of nitrogens with two attached hydrogens (primary N) is 1. The highest BCUT2D eigenvalue weighted by molar-refractivity contribution is 7.66. The first kappa shape index (κ1) is 45.5. The van der Waals surface area contributed by atoms with E-state index in [-0.39, 0.29) is 59.3 Å². The molecule has 336 valence electrons. The third-order valence-electron chi connectivity index (χ3n) is 9.96. The van der Waals surface area contributed by atoms with Crippen LogP contribution in [0.1, 0.15) is 75.7 Å². The summed E-state index contributed by atoms with van der Waals surface area (Å²) in [7, 11) is -17.0. The number of anilines is 1. The molecular weight excluding hydrogens is 899 g/mol. The Kier molecular flexibility index (Phi) is 12.7. The normalized spacial score (nSPS) is 20.3. The van der Waals surface area contributed by atoms with Gasteiger partial charge in [0.2, 0.25) is 5.91 Å². The first-order chi connectivity index (χ1) is 29.6. The van der Waals surface area contributed by atoms with Crippen molar-refractivity contribution in [3.63, 3.8) is 0 Å². The zero-order valence-corrected chi connectivity index (χ0v) is 35.0. The Morgan fingerprint density at radius 1 is 0.873 bits per heavy atom. The number of aromatic hydroxyl groups is 2. The number of phenolic OH excluding ortho intramolecular Hbond substituents is 2. The van der Waals surface area contributed by atoms with Crippen molar-refractivity contribution in [2.75, 3.05) is 18.9 Å². The molecule has 0 bridgehead atoms. The van der Waals surface area contributed by atoms with Crippen LogP contribution < -0.4 is 26.8 Å². The van der Waals surface area contributed by atoms with E-state index in [1.165, 1.54) is 48.7 Å². The number of amides is 2. The predicted molar refractivity (Wildman–Crippen MR) is 212 cm³/mol. The number of hydrogen-bond donors (Lipinski definition) is 9. The number of nitrogen functional groups attached to an aromatic ring is 1. The van der Waals surface area contributed by atoms with Crippen molar-refractivity contribution in [3.8, 4) is 23.0 Å². The zero-order valence-electron chi connectivity index (χ0n) is 32.3. The molecule has 10 N–H and O–H groups in total. The maximum atomic E-state index is 13.4. The highest BCUT2D eigenvalue weighted by atomic mass is 31.3. The van der Waals surface area contributed by atoms with Crippen molar-refractivity contribution in [2.24, 2.45) is 0 Å². The highest BCUT2D eigenvalue weighted by Crippen LogP contribution is 2.66. The van der Waals surface area contributed by atoms with Crippen LogP contribution in [-0.2, 0) is 46.7 Å². The van der Waals surface area contributed by atoms with E-state index in [1.54, 1.807) is 18.2 Å². The summed E-state index contributed by atoms with van der Waals surface area (Å²) in [6, 6.07) is 13.6. The molecule has 1 aromatic heterocycles. The number of phenols is 2. The first-order valence-electron chi connectivity index (χ1n) is 18.7. The van der Waals surface area contributed by atoms with Crippen LogP contribution in [0.25, 0.3) is 0 Å². The van der Waals surface area contributed by atoms with E-state index in [9.17, 15) is 52.9 Å². The number of benzene rings is 3. The summed E-state index contributed by atoms with van der Waals surface area (Å²) in [5, 5.41) is 25.7. The number of unbranched alkanes of at least 4 members (excludes halogenated alkanes) is 2. The minimum atomic E-state index is -5.81. The van der Waals surface area contributed by atoms with Gasteiger partial charge in [0.05, 0.1) is 18.2 Å². The van der Waals surface area contributed by atoms with Gasteiger partial charge in [-0.15, -0.1) is 0 Å². The number of carbonyl (C=O) groups excluding carboxylic acids is 3. The van der Waals surface area contributed by atoms with Gasteiger partial charge >= 0.3 is 35.1 Å². The molecule has 4 aromatic rings. The molecule has 0 radical (unpaired) electrons. The van der Waals surface area contributed by atoms with Crippen LogP contribution in [0.15, 0.2) is 71.7 Å². The number of esters is 1. The Morgan fingerprint density at radius 3 is 2.19 bits per heavy atom. The van der Waals surface area contributed by atoms with Gasteiger partial charge in [-0.25, -0.2) is 23.3 Å². The number of phosphoric ester groups is 1. The van der Waals surface area contributed by atoms with Crippen molar-refractivity contribution in [2.45, 2.75) is 56.1 Å². The molecule has 0 aliphatic carbocycles. The SMILES string of the molecule is Nc1ccn([C@H]2C[C@H](NC(=O)CCCCCNC(=O)c3ccc4c(c3)C(=O)OC43c4ccc(O)cc4Oc4cc(O)ccc43)[C@@H](COP(=O)(O)OP(=O)(O)OP(=O)(O)O)O2)c(=O)n1. The lowest BCUT2D eigenvalue weighted by atomic mass is 9.77. The average molecular weight is 938 g/mol. The predicted octanol–water partition coefficient (Wildman–Crippen LogP) is 2.91. The molecule has 7 rings (SSSR count). The molecule has 3 aromatic carbocycles. The summed E-state index contributed by atoms with van der Waals surface area (Å²) in [5.74, 6) is -1.58. The van der Waals surface area contributed by atoms with Crippen LogP contribution in [0.4, 0.5) is 5.82 Å². The van der Waals surface area contributed by atoms with Crippen LogP contribution in [-0.4, -0.2) is 82.4 Å². The van der Waals surface area contributed by atoms with E-state index >= 15 is 0 Å². The lowest BCUT2D eigenvalue weighted by Gasteiger charge is -2.36. The summed E-state index contributed by atoms with van der Waals surface area (Å²) in [4.78, 5) is 92.7. The maximum absolute atomic E-state index is 13.4. The number of phosphoric acid groups is 3. The van der Waals surface area contributed by atoms with Crippen LogP contribution in [0.5, 0.6) is 23.0 Å². The van der Waals surface area contributed by atoms with Crippen molar-refractivity contribution >= 4 is 47.1 Å². The lowest BCUT2D eigenvalue weighted by molar-refractivity contribution is -0.122. The molecule has 1 fully saturated rings. The molecule has 2 unspecified atom stereocenters. The number of ether oxygens (including phenoxy) is 3. The molecule has 0 saturated carbocycles. The molecule has 63 heavy (non-hydrogen) atoms. The zero-order chi connectivity index (χ0) is 45.5. The van der Waals surface area contributed by atoms with E-state index in [2.05, 4.69) is 24.2 Å². The van der Waals surface area contributed by atoms with Gasteiger partial charge in [0, 0.05) is 60.0 Å². The number of aromatic nitrogens is 2. The Bertz CT molecular complexity index is 2640. The summed E-state index contributed by atoms with van der Waals surface area (Å²) in [6.07, 6.45) is -0.0305. The molecule has 24 nitrogen and oxygen atoms in total. The van der Waals surface area contributed by atoms with E-state index in [4.69, 9.17) is 34.3 Å². The van der Waals surface area contributed by atoms with Crippen LogP contribution in [0, 0.1) is 0 Å². The molecule has 1 spiro atoms. The van der Waals surface area contributed by atoms with Crippen molar-refractivity contribution < 1.29 is 85.2 Å². The van der Waals surface area contributed by atoms with Crippen LogP contribution >= 0.6 is 23.5 Å². The lowest BCUT2D eigenvalue weighted by Crippen LogP contribution is -2.42. The smallest absolute Gasteiger partial charge is 0.490 e. The van der Waals surface area contributed by atoms with Crippen LogP contribution in [0.3, 0.4) is 0 Å². The molecule has 27 heteroatoms. The minimum Gasteiger partial charge on any atom is -0.508 e. The first-order valence-corrected chi connectivity index (χ1v) is 23.2. The van der Waals surface area contributed by atoms with Crippen molar-refractivity contribution in [1.29, 1.82) is 0 Å². The van der Waals surface area contributed by atoms with Gasteiger partial charge < -0.3 is 60.4 Å². The fourth-order valence-corrected chi connectivity index (χ4v) is 10.4. The molecule has 3 aliphatic heterocycles. The molecular formula is C36H38N5O19P3. The van der Waals surface area contributed by atoms with Crippen molar-refractivity contribution in [1.82, 2.24) is 20.2 Å². The fourth-order valence-electron chi connectivity index (χ4n) is 7.34. The maximum Gasteiger partial charge on any atom is 0.490 e. The van der Waals surface area contributed by atoms with Gasteiger partial charge in [0.15, 0.2) is 5.60 Å². The Labute approximate surface area is 355 Å². The molecule has 1 saturated heterocycles. The Hall–Kier alpha value is -5.48. The second kappa shape index (κ2) is 17.6. The topological polar surface area (TPSA) is 364 Å². The molecule has 3 aliphatic rings. The third kappa shape index (κ3) is 10.2.